The first kappa shape index (κ1) is 15.1. The van der Waals surface area contributed by atoms with E-state index in [1.54, 1.807) is 12.4 Å². The second kappa shape index (κ2) is 6.57. The zero-order valence-electron chi connectivity index (χ0n) is 13.4. The van der Waals surface area contributed by atoms with Crippen LogP contribution < -0.4 is 10.9 Å². The predicted molar refractivity (Wildman–Crippen MR) is 99.4 cm³/mol. The first-order chi connectivity index (χ1) is 12.3. The van der Waals surface area contributed by atoms with Gasteiger partial charge in [0.1, 0.15) is 0 Å². The van der Waals surface area contributed by atoms with Crippen LogP contribution in [0.5, 0.6) is 0 Å². The molecular formula is C20H16N4O. The second-order valence-corrected chi connectivity index (χ2v) is 5.76. The largest absolute Gasteiger partial charge is 0.350 e. The van der Waals surface area contributed by atoms with E-state index in [-0.39, 0.29) is 5.56 Å². The molecule has 0 bridgehead atoms. The van der Waals surface area contributed by atoms with Crippen LogP contribution in [0, 0.1) is 0 Å². The summed E-state index contributed by atoms with van der Waals surface area (Å²) in [5.41, 5.74) is 3.84. The molecule has 2 aromatic carbocycles. The van der Waals surface area contributed by atoms with Gasteiger partial charge in [-0.1, -0.05) is 36.4 Å². The van der Waals surface area contributed by atoms with E-state index in [0.717, 1.165) is 22.0 Å². The van der Waals surface area contributed by atoms with Crippen molar-refractivity contribution in [2.24, 2.45) is 0 Å². The minimum atomic E-state index is -0.0996. The molecular weight excluding hydrogens is 312 g/mol. The first-order valence-corrected chi connectivity index (χ1v) is 8.01. The molecule has 0 saturated heterocycles. The molecule has 0 aliphatic rings. The summed E-state index contributed by atoms with van der Waals surface area (Å²) in [6, 6.07) is 19.3. The van der Waals surface area contributed by atoms with Crippen LogP contribution in [0.3, 0.4) is 0 Å². The molecule has 0 radical (unpaired) electrons. The monoisotopic (exact) mass is 328 g/mol. The summed E-state index contributed by atoms with van der Waals surface area (Å²) in [4.78, 5) is 22.9. The Bertz CT molecular complexity index is 1060. The Morgan fingerprint density at radius 2 is 1.68 bits per heavy atom. The number of benzene rings is 2. The molecule has 0 aliphatic heterocycles. The Labute approximate surface area is 144 Å². The standard InChI is InChI=1S/C20H16N4O/c25-19-9-7-16-10-15(6-8-18(16)24-19)17-12-22-20(23-13-17)21-11-14-4-2-1-3-5-14/h1-10,12-13H,11H2,(H,24,25)(H,21,22,23). The highest BCUT2D eigenvalue weighted by Gasteiger charge is 2.03. The molecule has 25 heavy (non-hydrogen) atoms. The van der Waals surface area contributed by atoms with Gasteiger partial charge in [0.15, 0.2) is 0 Å². The summed E-state index contributed by atoms with van der Waals surface area (Å²) in [5.74, 6) is 0.595. The zero-order chi connectivity index (χ0) is 17.1. The third kappa shape index (κ3) is 3.40. The Hall–Kier alpha value is -3.47. The lowest BCUT2D eigenvalue weighted by Gasteiger charge is -2.07. The van der Waals surface area contributed by atoms with Crippen molar-refractivity contribution in [3.8, 4) is 11.1 Å². The van der Waals surface area contributed by atoms with Crippen molar-refractivity contribution in [2.75, 3.05) is 5.32 Å². The fourth-order valence-corrected chi connectivity index (χ4v) is 2.68. The average Bonchev–Trinajstić information content (AvgIpc) is 2.67. The van der Waals surface area contributed by atoms with Crippen LogP contribution in [0.25, 0.3) is 22.0 Å². The van der Waals surface area contributed by atoms with Gasteiger partial charge in [0.25, 0.3) is 0 Å². The molecule has 2 aromatic heterocycles. The van der Waals surface area contributed by atoms with Crippen LogP contribution in [0.1, 0.15) is 5.56 Å². The van der Waals surface area contributed by atoms with Crippen molar-refractivity contribution in [3.63, 3.8) is 0 Å². The number of fused-ring (bicyclic) bond motifs is 1. The summed E-state index contributed by atoms with van der Waals surface area (Å²) in [6.45, 7) is 0.684. The summed E-state index contributed by atoms with van der Waals surface area (Å²) < 4.78 is 0. The van der Waals surface area contributed by atoms with E-state index in [0.29, 0.717) is 12.5 Å². The van der Waals surface area contributed by atoms with Crippen molar-refractivity contribution in [1.82, 2.24) is 15.0 Å². The average molecular weight is 328 g/mol. The number of hydrogen-bond acceptors (Lipinski definition) is 4. The quantitative estimate of drug-likeness (QED) is 0.600. The Kier molecular flexibility index (Phi) is 3.96. The maximum Gasteiger partial charge on any atom is 0.248 e. The van der Waals surface area contributed by atoms with Crippen LogP contribution in [-0.4, -0.2) is 15.0 Å². The van der Waals surface area contributed by atoms with Crippen LogP contribution in [0.15, 0.2) is 77.9 Å². The van der Waals surface area contributed by atoms with E-state index < -0.39 is 0 Å². The van der Waals surface area contributed by atoms with Crippen molar-refractivity contribution >= 4 is 16.9 Å². The van der Waals surface area contributed by atoms with Gasteiger partial charge in [0.2, 0.25) is 11.5 Å². The molecule has 2 N–H and O–H groups in total. The normalized spacial score (nSPS) is 10.7. The molecule has 5 nitrogen and oxygen atoms in total. The third-order valence-electron chi connectivity index (χ3n) is 4.00. The lowest BCUT2D eigenvalue weighted by molar-refractivity contribution is 1.06. The van der Waals surface area contributed by atoms with Gasteiger partial charge in [-0.25, -0.2) is 9.97 Å². The number of hydrogen-bond donors (Lipinski definition) is 2. The summed E-state index contributed by atoms with van der Waals surface area (Å²) in [6.07, 6.45) is 3.60. The number of pyridine rings is 1. The van der Waals surface area contributed by atoms with E-state index in [1.165, 1.54) is 11.6 Å². The summed E-state index contributed by atoms with van der Waals surface area (Å²) in [5, 5.41) is 4.19. The summed E-state index contributed by atoms with van der Waals surface area (Å²) in [7, 11) is 0. The zero-order valence-corrected chi connectivity index (χ0v) is 13.4. The minimum Gasteiger partial charge on any atom is -0.350 e. The van der Waals surface area contributed by atoms with Gasteiger partial charge >= 0.3 is 0 Å². The molecule has 5 heteroatoms. The molecule has 2 heterocycles. The fourth-order valence-electron chi connectivity index (χ4n) is 2.68. The second-order valence-electron chi connectivity index (χ2n) is 5.76. The molecule has 0 fully saturated rings. The Balaban J connectivity index is 1.53. The molecule has 0 unspecified atom stereocenters. The number of anilines is 1. The van der Waals surface area contributed by atoms with Crippen LogP contribution in [-0.2, 0) is 6.54 Å². The highest BCUT2D eigenvalue weighted by atomic mass is 16.1. The van der Waals surface area contributed by atoms with E-state index in [1.807, 2.05) is 42.5 Å². The minimum absolute atomic E-state index is 0.0996. The van der Waals surface area contributed by atoms with Crippen LogP contribution >= 0.6 is 0 Å². The van der Waals surface area contributed by atoms with Crippen molar-refractivity contribution in [2.45, 2.75) is 6.54 Å². The van der Waals surface area contributed by atoms with Crippen molar-refractivity contribution in [3.05, 3.63) is 89.0 Å². The van der Waals surface area contributed by atoms with Gasteiger partial charge in [-0.15, -0.1) is 0 Å². The molecule has 0 saturated carbocycles. The van der Waals surface area contributed by atoms with Crippen molar-refractivity contribution < 1.29 is 0 Å². The first-order valence-electron chi connectivity index (χ1n) is 8.01. The van der Waals surface area contributed by atoms with Gasteiger partial charge in [0.05, 0.1) is 0 Å². The lowest BCUT2D eigenvalue weighted by atomic mass is 10.1. The highest BCUT2D eigenvalue weighted by Crippen LogP contribution is 2.22. The number of nitrogens with zero attached hydrogens (tertiary/aromatic N) is 2. The Morgan fingerprint density at radius 1 is 0.880 bits per heavy atom. The van der Waals surface area contributed by atoms with E-state index >= 15 is 0 Å². The van der Waals surface area contributed by atoms with E-state index in [4.69, 9.17) is 0 Å². The van der Waals surface area contributed by atoms with Gasteiger partial charge in [-0.3, -0.25) is 4.79 Å². The van der Waals surface area contributed by atoms with E-state index in [9.17, 15) is 4.79 Å². The van der Waals surface area contributed by atoms with E-state index in [2.05, 4.69) is 32.4 Å². The number of aromatic nitrogens is 3. The van der Waals surface area contributed by atoms with Crippen LogP contribution in [0.4, 0.5) is 5.95 Å². The molecule has 0 aliphatic carbocycles. The molecule has 0 spiro atoms. The van der Waals surface area contributed by atoms with Crippen molar-refractivity contribution in [1.29, 1.82) is 0 Å². The maximum atomic E-state index is 11.4. The topological polar surface area (TPSA) is 70.7 Å². The predicted octanol–water partition coefficient (Wildman–Crippen LogP) is 3.60. The number of H-pyrrole nitrogens is 1. The smallest absolute Gasteiger partial charge is 0.248 e. The van der Waals surface area contributed by atoms with Gasteiger partial charge in [-0.2, -0.15) is 0 Å². The maximum absolute atomic E-state index is 11.4. The number of nitrogens with one attached hydrogen (secondary N) is 2. The molecule has 4 aromatic rings. The highest BCUT2D eigenvalue weighted by molar-refractivity contribution is 5.84. The summed E-state index contributed by atoms with van der Waals surface area (Å²) >= 11 is 0. The number of rotatable bonds is 4. The van der Waals surface area contributed by atoms with Gasteiger partial charge in [0, 0.05) is 36.1 Å². The third-order valence-corrected chi connectivity index (χ3v) is 4.00. The van der Waals surface area contributed by atoms with Gasteiger partial charge < -0.3 is 10.3 Å². The SMILES string of the molecule is O=c1ccc2cc(-c3cnc(NCc4ccccc4)nc3)ccc2[nH]1. The molecule has 0 atom stereocenters. The molecule has 0 amide bonds. The fraction of sp³-hybridized carbons (Fsp3) is 0.0500. The Morgan fingerprint density at radius 3 is 2.48 bits per heavy atom. The van der Waals surface area contributed by atoms with Gasteiger partial charge in [-0.05, 0) is 34.7 Å². The lowest BCUT2D eigenvalue weighted by Crippen LogP contribution is -2.03. The number of aromatic amines is 1. The molecule has 122 valence electrons. The van der Waals surface area contributed by atoms with Crippen LogP contribution in [0.2, 0.25) is 0 Å². The molecule has 4 rings (SSSR count).